The maximum atomic E-state index is 10.9. The molecular formula is C8H15NO6S. The number of likely N-dealkylation sites (tertiary alicyclic amines) is 1. The quantitative estimate of drug-likeness (QED) is 0.693. The number of carbonyl (C=O) groups is 1. The highest BCUT2D eigenvalue weighted by atomic mass is 32.2. The highest BCUT2D eigenvalue weighted by Gasteiger charge is 2.36. The second kappa shape index (κ2) is 4.98. The van der Waals surface area contributed by atoms with E-state index in [0.29, 0.717) is 6.42 Å². The van der Waals surface area contributed by atoms with E-state index in [1.807, 2.05) is 0 Å². The zero-order chi connectivity index (χ0) is 12.3. The molecule has 1 N–H and O–H groups in total. The van der Waals surface area contributed by atoms with Crippen molar-refractivity contribution in [3.05, 3.63) is 0 Å². The molecule has 1 fully saturated rings. The number of methoxy groups -OCH3 is 1. The van der Waals surface area contributed by atoms with Crippen molar-refractivity contribution in [2.45, 2.75) is 18.6 Å². The summed E-state index contributed by atoms with van der Waals surface area (Å²) in [7, 11) is -2.05. The molecule has 0 bridgehead atoms. The smallest absolute Gasteiger partial charge is 0.407 e. The highest BCUT2D eigenvalue weighted by Crippen LogP contribution is 2.20. The molecule has 0 saturated carbocycles. The molecular weight excluding hydrogens is 238 g/mol. The fourth-order valence-corrected chi connectivity index (χ4v) is 2.04. The van der Waals surface area contributed by atoms with Crippen LogP contribution in [0.2, 0.25) is 0 Å². The van der Waals surface area contributed by atoms with Gasteiger partial charge in [-0.3, -0.25) is 4.18 Å². The summed E-state index contributed by atoms with van der Waals surface area (Å²) in [5, 5.41) is 8.89. The number of amides is 1. The summed E-state index contributed by atoms with van der Waals surface area (Å²) in [5.41, 5.74) is 0. The molecule has 8 heteroatoms. The lowest BCUT2D eigenvalue weighted by atomic mass is 10.2. The molecule has 16 heavy (non-hydrogen) atoms. The van der Waals surface area contributed by atoms with E-state index in [1.165, 1.54) is 7.11 Å². The monoisotopic (exact) mass is 253 g/mol. The van der Waals surface area contributed by atoms with Crippen molar-refractivity contribution in [2.75, 3.05) is 26.5 Å². The van der Waals surface area contributed by atoms with Crippen molar-refractivity contribution in [1.29, 1.82) is 0 Å². The molecule has 0 aromatic heterocycles. The summed E-state index contributed by atoms with van der Waals surface area (Å²) < 4.78 is 31.2. The lowest BCUT2D eigenvalue weighted by molar-refractivity contribution is 0.102. The van der Waals surface area contributed by atoms with Crippen molar-refractivity contribution in [1.82, 2.24) is 4.90 Å². The molecule has 1 rings (SSSR count). The van der Waals surface area contributed by atoms with E-state index in [0.717, 1.165) is 11.2 Å². The van der Waals surface area contributed by atoms with Crippen LogP contribution in [0.15, 0.2) is 0 Å². The van der Waals surface area contributed by atoms with Gasteiger partial charge in [-0.05, 0) is 6.42 Å². The van der Waals surface area contributed by atoms with Crippen LogP contribution in [0, 0.1) is 0 Å². The third kappa shape index (κ3) is 3.62. The standard InChI is InChI=1S/C8H15NO6S/c1-14-7-3-6(5-15-16(2,12)13)9(4-7)8(10)11/h6-7H,3-5H2,1-2H3,(H,10,11)/t6-,7+/m0/s1. The van der Waals surface area contributed by atoms with Gasteiger partial charge in [-0.1, -0.05) is 0 Å². The molecule has 1 heterocycles. The number of nitrogens with zero attached hydrogens (tertiary/aromatic N) is 1. The summed E-state index contributed by atoms with van der Waals surface area (Å²) in [6.07, 6.45) is 0.0741. The number of carboxylic acid groups (broad SMARTS) is 1. The Labute approximate surface area is 94.1 Å². The molecule has 0 radical (unpaired) electrons. The minimum absolute atomic E-state index is 0.162. The minimum Gasteiger partial charge on any atom is -0.465 e. The Balaban J connectivity index is 2.59. The molecule has 0 aromatic rings. The molecule has 0 aliphatic carbocycles. The summed E-state index contributed by atoms with van der Waals surface area (Å²) in [6.45, 7) is 0.0780. The second-order valence-electron chi connectivity index (χ2n) is 3.67. The van der Waals surface area contributed by atoms with E-state index in [9.17, 15) is 13.2 Å². The van der Waals surface area contributed by atoms with E-state index in [1.54, 1.807) is 0 Å². The molecule has 1 saturated heterocycles. The zero-order valence-electron chi connectivity index (χ0n) is 9.12. The van der Waals surface area contributed by atoms with E-state index < -0.39 is 22.3 Å². The van der Waals surface area contributed by atoms with Crippen LogP contribution in [-0.2, 0) is 19.0 Å². The topological polar surface area (TPSA) is 93.1 Å². The number of hydrogen-bond acceptors (Lipinski definition) is 5. The maximum absolute atomic E-state index is 10.9. The lowest BCUT2D eigenvalue weighted by Gasteiger charge is -2.19. The van der Waals surface area contributed by atoms with Crippen LogP contribution in [0.5, 0.6) is 0 Å². The Morgan fingerprint density at radius 3 is 2.62 bits per heavy atom. The first-order valence-electron chi connectivity index (χ1n) is 4.70. The van der Waals surface area contributed by atoms with Gasteiger partial charge in [0.1, 0.15) is 0 Å². The fraction of sp³-hybridized carbons (Fsp3) is 0.875. The lowest BCUT2D eigenvalue weighted by Crippen LogP contribution is -2.37. The average molecular weight is 253 g/mol. The van der Waals surface area contributed by atoms with Crippen molar-refractivity contribution in [2.24, 2.45) is 0 Å². The predicted molar refractivity (Wildman–Crippen MR) is 54.7 cm³/mol. The molecule has 0 unspecified atom stereocenters. The van der Waals surface area contributed by atoms with Crippen molar-refractivity contribution in [3.8, 4) is 0 Å². The predicted octanol–water partition coefficient (Wildman–Crippen LogP) is -0.270. The summed E-state index contributed by atoms with van der Waals surface area (Å²) in [6, 6.07) is -0.475. The van der Waals surface area contributed by atoms with Gasteiger partial charge in [0.15, 0.2) is 0 Å². The van der Waals surface area contributed by atoms with Gasteiger partial charge in [-0.15, -0.1) is 0 Å². The fourth-order valence-electron chi connectivity index (χ4n) is 1.64. The molecule has 2 atom stereocenters. The van der Waals surface area contributed by atoms with Crippen LogP contribution < -0.4 is 0 Å². The van der Waals surface area contributed by atoms with Gasteiger partial charge in [-0.2, -0.15) is 8.42 Å². The average Bonchev–Trinajstić information content (AvgIpc) is 2.56. The molecule has 1 aliphatic heterocycles. The van der Waals surface area contributed by atoms with Crippen LogP contribution in [0.25, 0.3) is 0 Å². The minimum atomic E-state index is -3.55. The molecule has 94 valence electrons. The Bertz CT molecular complexity index is 354. The number of rotatable bonds is 4. The van der Waals surface area contributed by atoms with E-state index in [2.05, 4.69) is 4.18 Å². The van der Waals surface area contributed by atoms with Gasteiger partial charge >= 0.3 is 6.09 Å². The van der Waals surface area contributed by atoms with Gasteiger partial charge in [-0.25, -0.2) is 4.79 Å². The number of ether oxygens (including phenoxy) is 1. The van der Waals surface area contributed by atoms with Gasteiger partial charge in [0.05, 0.1) is 31.6 Å². The Kier molecular flexibility index (Phi) is 4.11. The van der Waals surface area contributed by atoms with Crippen LogP contribution in [0.4, 0.5) is 4.79 Å². The number of hydrogen-bond donors (Lipinski definition) is 1. The van der Waals surface area contributed by atoms with Gasteiger partial charge in [0.25, 0.3) is 10.1 Å². The van der Waals surface area contributed by atoms with Crippen LogP contribution in [0.3, 0.4) is 0 Å². The van der Waals surface area contributed by atoms with Gasteiger partial charge in [0.2, 0.25) is 0 Å². The van der Waals surface area contributed by atoms with Crippen molar-refractivity contribution < 1.29 is 27.2 Å². The highest BCUT2D eigenvalue weighted by molar-refractivity contribution is 7.85. The summed E-state index contributed by atoms with van der Waals surface area (Å²) in [5.74, 6) is 0. The third-order valence-corrected chi connectivity index (χ3v) is 2.99. The molecule has 7 nitrogen and oxygen atoms in total. The maximum Gasteiger partial charge on any atom is 0.407 e. The Morgan fingerprint density at radius 1 is 1.56 bits per heavy atom. The SMILES string of the molecule is CO[C@@H]1C[C@@H](COS(C)(=O)=O)N(C(=O)O)C1. The van der Waals surface area contributed by atoms with Crippen molar-refractivity contribution in [3.63, 3.8) is 0 Å². The van der Waals surface area contributed by atoms with E-state index in [-0.39, 0.29) is 19.3 Å². The van der Waals surface area contributed by atoms with Crippen molar-refractivity contribution >= 4 is 16.2 Å². The second-order valence-corrected chi connectivity index (χ2v) is 5.31. The van der Waals surface area contributed by atoms with Crippen LogP contribution in [0.1, 0.15) is 6.42 Å². The summed E-state index contributed by atoms with van der Waals surface area (Å²) in [4.78, 5) is 12.0. The molecule has 0 aromatic carbocycles. The normalized spacial score (nSPS) is 26.0. The Morgan fingerprint density at radius 2 is 2.19 bits per heavy atom. The van der Waals surface area contributed by atoms with Gasteiger partial charge < -0.3 is 14.7 Å². The Hall–Kier alpha value is -0.860. The third-order valence-electron chi connectivity index (χ3n) is 2.43. The largest absolute Gasteiger partial charge is 0.465 e. The molecule has 1 aliphatic rings. The first-order chi connectivity index (χ1) is 7.33. The molecule has 1 amide bonds. The first-order valence-corrected chi connectivity index (χ1v) is 6.52. The molecule has 0 spiro atoms. The van der Waals surface area contributed by atoms with E-state index in [4.69, 9.17) is 9.84 Å². The van der Waals surface area contributed by atoms with Crippen LogP contribution in [-0.4, -0.2) is 63.2 Å². The summed E-state index contributed by atoms with van der Waals surface area (Å²) >= 11 is 0. The van der Waals surface area contributed by atoms with Gasteiger partial charge in [0, 0.05) is 7.11 Å². The van der Waals surface area contributed by atoms with Crippen LogP contribution >= 0.6 is 0 Å². The zero-order valence-corrected chi connectivity index (χ0v) is 9.94. The first kappa shape index (κ1) is 13.2. The van der Waals surface area contributed by atoms with E-state index >= 15 is 0 Å².